The number of halogens is 3. The molecule has 8 heteroatoms. The Balaban J connectivity index is 2.12. The summed E-state index contributed by atoms with van der Waals surface area (Å²) in [6.45, 7) is 6.48. The van der Waals surface area contributed by atoms with Crippen molar-refractivity contribution in [2.75, 3.05) is 26.2 Å². The van der Waals surface area contributed by atoms with Gasteiger partial charge in [-0.2, -0.15) is 0 Å². The number of benzene rings is 2. The van der Waals surface area contributed by atoms with E-state index in [1.54, 1.807) is 18.2 Å². The third-order valence-corrected chi connectivity index (χ3v) is 6.21. The van der Waals surface area contributed by atoms with Gasteiger partial charge in [0.25, 0.3) is 11.7 Å². The second kappa shape index (κ2) is 9.81. The zero-order chi connectivity index (χ0) is 22.7. The van der Waals surface area contributed by atoms with Gasteiger partial charge < -0.3 is 14.9 Å². The third kappa shape index (κ3) is 4.76. The predicted octanol–water partition coefficient (Wildman–Crippen LogP) is 4.90. The first kappa shape index (κ1) is 23.3. The minimum Gasteiger partial charge on any atom is -0.507 e. The van der Waals surface area contributed by atoms with Gasteiger partial charge in [-0.3, -0.25) is 9.59 Å². The molecule has 1 amide bonds. The van der Waals surface area contributed by atoms with Crippen molar-refractivity contribution in [2.45, 2.75) is 19.9 Å². The molecule has 1 heterocycles. The predicted molar refractivity (Wildman–Crippen MR) is 120 cm³/mol. The highest BCUT2D eigenvalue weighted by molar-refractivity contribution is 6.46. The van der Waals surface area contributed by atoms with Gasteiger partial charge in [0.05, 0.1) is 21.7 Å². The van der Waals surface area contributed by atoms with Crippen LogP contribution in [0.2, 0.25) is 10.0 Å². The molecular formula is C23H23Cl2FN2O3. The van der Waals surface area contributed by atoms with Crippen LogP contribution < -0.4 is 0 Å². The number of nitrogens with zero attached hydrogens (tertiary/aromatic N) is 2. The summed E-state index contributed by atoms with van der Waals surface area (Å²) in [4.78, 5) is 29.5. The van der Waals surface area contributed by atoms with Crippen molar-refractivity contribution in [1.82, 2.24) is 9.80 Å². The van der Waals surface area contributed by atoms with Gasteiger partial charge in [-0.25, -0.2) is 4.39 Å². The molecule has 1 fully saturated rings. The molecule has 1 saturated heterocycles. The fourth-order valence-electron chi connectivity index (χ4n) is 3.69. The zero-order valence-electron chi connectivity index (χ0n) is 17.2. The summed E-state index contributed by atoms with van der Waals surface area (Å²) < 4.78 is 13.3. The van der Waals surface area contributed by atoms with Crippen LogP contribution in [-0.2, 0) is 9.59 Å². The van der Waals surface area contributed by atoms with Gasteiger partial charge in [0, 0.05) is 18.7 Å². The molecular weight excluding hydrogens is 442 g/mol. The number of hydrogen-bond acceptors (Lipinski definition) is 4. The largest absolute Gasteiger partial charge is 0.507 e. The molecule has 0 aliphatic carbocycles. The van der Waals surface area contributed by atoms with Crippen molar-refractivity contribution in [3.05, 3.63) is 75.0 Å². The van der Waals surface area contributed by atoms with E-state index in [-0.39, 0.29) is 28.5 Å². The number of amides is 1. The number of carbonyl (C=O) groups is 2. The molecule has 2 aromatic carbocycles. The Morgan fingerprint density at radius 1 is 1.06 bits per heavy atom. The highest BCUT2D eigenvalue weighted by Crippen LogP contribution is 2.40. The molecule has 164 valence electrons. The number of likely N-dealkylation sites (N-methyl/N-ethyl adjacent to an activating group) is 1. The number of carbonyl (C=O) groups excluding carboxylic acids is 2. The van der Waals surface area contributed by atoms with Crippen LogP contribution >= 0.6 is 23.2 Å². The van der Waals surface area contributed by atoms with Crippen molar-refractivity contribution in [3.8, 4) is 0 Å². The van der Waals surface area contributed by atoms with Gasteiger partial charge in [0.1, 0.15) is 11.6 Å². The Bertz CT molecular complexity index is 1020. The Morgan fingerprint density at radius 2 is 1.71 bits per heavy atom. The lowest BCUT2D eigenvalue weighted by Crippen LogP contribution is -2.38. The molecule has 5 nitrogen and oxygen atoms in total. The first-order valence-corrected chi connectivity index (χ1v) is 10.8. The Hall–Kier alpha value is -2.41. The Kier molecular flexibility index (Phi) is 7.36. The van der Waals surface area contributed by atoms with Gasteiger partial charge in [-0.15, -0.1) is 0 Å². The van der Waals surface area contributed by atoms with E-state index in [2.05, 4.69) is 4.90 Å². The van der Waals surface area contributed by atoms with E-state index < -0.39 is 23.5 Å². The zero-order valence-corrected chi connectivity index (χ0v) is 18.8. The molecule has 1 aliphatic heterocycles. The Morgan fingerprint density at radius 3 is 2.29 bits per heavy atom. The summed E-state index contributed by atoms with van der Waals surface area (Å²) in [5.74, 6) is -2.33. The Labute approximate surface area is 190 Å². The lowest BCUT2D eigenvalue weighted by molar-refractivity contribution is -0.140. The van der Waals surface area contributed by atoms with E-state index in [1.807, 2.05) is 13.8 Å². The molecule has 1 aliphatic rings. The molecule has 0 aromatic heterocycles. The molecule has 3 rings (SSSR count). The maximum Gasteiger partial charge on any atom is 0.295 e. The second-order valence-electron chi connectivity index (χ2n) is 7.20. The maximum atomic E-state index is 13.3. The summed E-state index contributed by atoms with van der Waals surface area (Å²) in [5, 5.41) is 11.5. The molecule has 31 heavy (non-hydrogen) atoms. The van der Waals surface area contributed by atoms with Crippen LogP contribution in [0.5, 0.6) is 0 Å². The van der Waals surface area contributed by atoms with Gasteiger partial charge in [0.15, 0.2) is 0 Å². The lowest BCUT2D eigenvalue weighted by Gasteiger charge is -2.28. The number of ketones is 1. The fraction of sp³-hybridized carbons (Fsp3) is 0.304. The van der Waals surface area contributed by atoms with E-state index in [1.165, 1.54) is 29.2 Å². The van der Waals surface area contributed by atoms with Crippen LogP contribution in [0.25, 0.3) is 5.76 Å². The summed E-state index contributed by atoms with van der Waals surface area (Å²) in [7, 11) is 0. The molecule has 0 radical (unpaired) electrons. The third-order valence-electron chi connectivity index (χ3n) is 5.47. The summed E-state index contributed by atoms with van der Waals surface area (Å²) in [6, 6.07) is 9.09. The van der Waals surface area contributed by atoms with Crippen LogP contribution in [0.4, 0.5) is 4.39 Å². The smallest absolute Gasteiger partial charge is 0.295 e. The number of likely N-dealkylation sites (tertiary alicyclic amines) is 1. The minimum atomic E-state index is -0.838. The second-order valence-corrected chi connectivity index (χ2v) is 8.01. The highest BCUT2D eigenvalue weighted by atomic mass is 35.5. The summed E-state index contributed by atoms with van der Waals surface area (Å²) in [5.41, 5.74) is 0.736. The van der Waals surface area contributed by atoms with Gasteiger partial charge in [-0.1, -0.05) is 43.1 Å². The van der Waals surface area contributed by atoms with Gasteiger partial charge >= 0.3 is 0 Å². The molecule has 0 spiro atoms. The first-order chi connectivity index (χ1) is 14.8. The van der Waals surface area contributed by atoms with Crippen molar-refractivity contribution < 1.29 is 19.1 Å². The number of hydrogen-bond donors (Lipinski definition) is 1. The minimum absolute atomic E-state index is 0.0606. The highest BCUT2D eigenvalue weighted by Gasteiger charge is 2.46. The van der Waals surface area contributed by atoms with E-state index in [0.29, 0.717) is 17.1 Å². The van der Waals surface area contributed by atoms with Gasteiger partial charge in [-0.05, 0) is 55.1 Å². The monoisotopic (exact) mass is 464 g/mol. The van der Waals surface area contributed by atoms with Gasteiger partial charge in [0.2, 0.25) is 0 Å². The van der Waals surface area contributed by atoms with E-state index in [0.717, 1.165) is 13.1 Å². The molecule has 1 N–H and O–H groups in total. The molecule has 1 atom stereocenters. The lowest BCUT2D eigenvalue weighted by atomic mass is 9.95. The molecule has 2 aromatic rings. The van der Waals surface area contributed by atoms with Crippen molar-refractivity contribution in [2.24, 2.45) is 0 Å². The normalized spacial score (nSPS) is 18.3. The van der Waals surface area contributed by atoms with Crippen molar-refractivity contribution in [1.29, 1.82) is 0 Å². The number of rotatable bonds is 7. The molecule has 0 bridgehead atoms. The summed E-state index contributed by atoms with van der Waals surface area (Å²) >= 11 is 12.2. The number of aliphatic hydroxyl groups excluding tert-OH is 1. The van der Waals surface area contributed by atoms with Crippen molar-refractivity contribution >= 4 is 40.7 Å². The average molecular weight is 465 g/mol. The standard InChI is InChI=1S/C23H23Cl2FN2O3/c1-3-27(4-2)11-12-28-20(15-7-10-17(24)18(25)13-15)19(22(30)23(28)31)21(29)14-5-8-16(26)9-6-14/h5-10,13,20,29H,3-4,11-12H2,1-2H3/b21-19-. The average Bonchev–Trinajstić information content (AvgIpc) is 3.01. The van der Waals surface area contributed by atoms with E-state index >= 15 is 0 Å². The summed E-state index contributed by atoms with van der Waals surface area (Å²) in [6.07, 6.45) is 0. The first-order valence-electron chi connectivity index (χ1n) is 10.00. The topological polar surface area (TPSA) is 60.9 Å². The van der Waals surface area contributed by atoms with E-state index in [9.17, 15) is 19.1 Å². The van der Waals surface area contributed by atoms with E-state index in [4.69, 9.17) is 23.2 Å². The number of Topliss-reactive ketones (excluding diaryl/α,β-unsaturated/α-hetero) is 1. The van der Waals surface area contributed by atoms with Crippen LogP contribution in [-0.4, -0.2) is 52.8 Å². The number of aliphatic hydroxyl groups is 1. The fourth-order valence-corrected chi connectivity index (χ4v) is 4.00. The SMILES string of the molecule is CCN(CC)CCN1C(=O)C(=O)/C(=C(\O)c2ccc(F)cc2)C1c1ccc(Cl)c(Cl)c1. The molecule has 0 saturated carbocycles. The maximum absolute atomic E-state index is 13.3. The van der Waals surface area contributed by atoms with Crippen LogP contribution in [0.15, 0.2) is 48.0 Å². The molecule has 1 unspecified atom stereocenters. The van der Waals surface area contributed by atoms with Crippen LogP contribution in [0.3, 0.4) is 0 Å². The van der Waals surface area contributed by atoms with Crippen LogP contribution in [0, 0.1) is 5.82 Å². The van der Waals surface area contributed by atoms with Crippen LogP contribution in [0.1, 0.15) is 31.0 Å². The quantitative estimate of drug-likeness (QED) is 0.359. The van der Waals surface area contributed by atoms with Crippen molar-refractivity contribution in [3.63, 3.8) is 0 Å².